The van der Waals surface area contributed by atoms with Crippen molar-refractivity contribution in [3.63, 3.8) is 0 Å². The van der Waals surface area contributed by atoms with Crippen molar-refractivity contribution in [2.45, 2.75) is 39.3 Å². The molecule has 0 aliphatic heterocycles. The van der Waals surface area contributed by atoms with E-state index < -0.39 is 5.97 Å². The third-order valence-electron chi connectivity index (χ3n) is 2.77. The highest BCUT2D eigenvalue weighted by Gasteiger charge is 2.23. The summed E-state index contributed by atoms with van der Waals surface area (Å²) in [4.78, 5) is 17.2. The molecule has 0 bridgehead atoms. The van der Waals surface area contributed by atoms with Crippen molar-refractivity contribution in [2.24, 2.45) is 0 Å². The van der Waals surface area contributed by atoms with Gasteiger partial charge in [-0.2, -0.15) is 0 Å². The Morgan fingerprint density at radius 2 is 2.05 bits per heavy atom. The molecule has 19 heavy (non-hydrogen) atoms. The average molecular weight is 394 g/mol. The van der Waals surface area contributed by atoms with Crippen LogP contribution in [0.25, 0.3) is 0 Å². The van der Waals surface area contributed by atoms with Gasteiger partial charge in [0.25, 0.3) is 0 Å². The third kappa shape index (κ3) is 5.58. The molecule has 1 N–H and O–H groups in total. The summed E-state index contributed by atoms with van der Waals surface area (Å²) in [6.45, 7) is 7.33. The van der Waals surface area contributed by atoms with Crippen LogP contribution in [0.15, 0.2) is 21.2 Å². The zero-order chi connectivity index (χ0) is 14.6. The van der Waals surface area contributed by atoms with E-state index in [1.54, 1.807) is 6.20 Å². The van der Waals surface area contributed by atoms with Crippen molar-refractivity contribution < 1.29 is 9.90 Å². The Balaban J connectivity index is 2.85. The van der Waals surface area contributed by atoms with Crippen LogP contribution in [-0.4, -0.2) is 33.0 Å². The molecule has 0 saturated carbocycles. The minimum Gasteiger partial charge on any atom is -0.481 e. The molecule has 0 unspecified atom stereocenters. The summed E-state index contributed by atoms with van der Waals surface area (Å²) in [5, 5.41) is 8.83. The van der Waals surface area contributed by atoms with Crippen molar-refractivity contribution in [1.29, 1.82) is 0 Å². The molecule has 4 nitrogen and oxygen atoms in total. The van der Waals surface area contributed by atoms with Gasteiger partial charge in [0.2, 0.25) is 0 Å². The number of rotatable bonds is 5. The SMILES string of the molecule is CC(C)(C)N(CCC(=O)O)Cc1ncc(Br)cc1Br. The summed E-state index contributed by atoms with van der Waals surface area (Å²) in [5.74, 6) is -0.780. The van der Waals surface area contributed by atoms with E-state index in [0.717, 1.165) is 14.6 Å². The maximum absolute atomic E-state index is 10.7. The lowest BCUT2D eigenvalue weighted by molar-refractivity contribution is -0.137. The van der Waals surface area contributed by atoms with E-state index in [9.17, 15) is 4.79 Å². The van der Waals surface area contributed by atoms with Crippen LogP contribution in [-0.2, 0) is 11.3 Å². The van der Waals surface area contributed by atoms with Gasteiger partial charge in [-0.1, -0.05) is 0 Å². The predicted octanol–water partition coefficient (Wildman–Crippen LogP) is 3.68. The maximum atomic E-state index is 10.7. The van der Waals surface area contributed by atoms with Crippen LogP contribution in [0.2, 0.25) is 0 Å². The van der Waals surface area contributed by atoms with Gasteiger partial charge in [-0.15, -0.1) is 0 Å². The van der Waals surface area contributed by atoms with E-state index in [1.165, 1.54) is 0 Å². The Hall–Kier alpha value is -0.460. The minimum atomic E-state index is -0.780. The first-order chi connectivity index (χ1) is 8.70. The number of hydrogen-bond acceptors (Lipinski definition) is 3. The van der Waals surface area contributed by atoms with Gasteiger partial charge in [-0.25, -0.2) is 0 Å². The van der Waals surface area contributed by atoms with Crippen molar-refractivity contribution in [2.75, 3.05) is 6.54 Å². The number of nitrogens with zero attached hydrogens (tertiary/aromatic N) is 2. The zero-order valence-corrected chi connectivity index (χ0v) is 14.5. The number of hydrogen-bond donors (Lipinski definition) is 1. The zero-order valence-electron chi connectivity index (χ0n) is 11.3. The number of carboxylic acids is 1. The molecular formula is C13H18Br2N2O2. The molecule has 0 fully saturated rings. The summed E-state index contributed by atoms with van der Waals surface area (Å²) in [5.41, 5.74) is 0.799. The van der Waals surface area contributed by atoms with Gasteiger partial charge in [0.15, 0.2) is 0 Å². The second-order valence-corrected chi connectivity index (χ2v) is 7.09. The summed E-state index contributed by atoms with van der Waals surface area (Å²) in [7, 11) is 0. The van der Waals surface area contributed by atoms with Crippen molar-refractivity contribution in [1.82, 2.24) is 9.88 Å². The van der Waals surface area contributed by atoms with Crippen LogP contribution in [0.4, 0.5) is 0 Å². The summed E-state index contributed by atoms with van der Waals surface area (Å²) >= 11 is 6.85. The molecular weight excluding hydrogens is 376 g/mol. The van der Waals surface area contributed by atoms with Gasteiger partial charge in [0, 0.05) is 33.8 Å². The van der Waals surface area contributed by atoms with E-state index in [-0.39, 0.29) is 12.0 Å². The number of halogens is 2. The Morgan fingerprint density at radius 1 is 1.42 bits per heavy atom. The van der Waals surface area contributed by atoms with Crippen LogP contribution in [0.3, 0.4) is 0 Å². The molecule has 1 aromatic rings. The number of aliphatic carboxylic acids is 1. The lowest BCUT2D eigenvalue weighted by Crippen LogP contribution is -2.42. The topological polar surface area (TPSA) is 53.4 Å². The maximum Gasteiger partial charge on any atom is 0.304 e. The molecule has 6 heteroatoms. The predicted molar refractivity (Wildman–Crippen MR) is 82.1 cm³/mol. The van der Waals surface area contributed by atoms with Gasteiger partial charge in [-0.3, -0.25) is 14.7 Å². The van der Waals surface area contributed by atoms with Gasteiger partial charge >= 0.3 is 5.97 Å². The third-order valence-corrected chi connectivity index (χ3v) is 3.89. The second kappa shape index (κ2) is 6.81. The molecule has 0 aliphatic rings. The van der Waals surface area contributed by atoms with Gasteiger partial charge in [0.1, 0.15) is 0 Å². The quantitative estimate of drug-likeness (QED) is 0.828. The molecule has 0 atom stereocenters. The first-order valence-electron chi connectivity index (χ1n) is 5.97. The molecule has 0 amide bonds. The first kappa shape index (κ1) is 16.6. The van der Waals surface area contributed by atoms with Gasteiger partial charge in [-0.05, 0) is 58.7 Å². The Morgan fingerprint density at radius 3 is 2.53 bits per heavy atom. The van der Waals surface area contributed by atoms with Crippen LogP contribution < -0.4 is 0 Å². The van der Waals surface area contributed by atoms with E-state index in [1.807, 2.05) is 6.07 Å². The average Bonchev–Trinajstić information content (AvgIpc) is 2.24. The van der Waals surface area contributed by atoms with E-state index >= 15 is 0 Å². The fourth-order valence-electron chi connectivity index (χ4n) is 1.62. The highest BCUT2D eigenvalue weighted by molar-refractivity contribution is 9.11. The van der Waals surface area contributed by atoms with Crippen LogP contribution in [0.5, 0.6) is 0 Å². The Kier molecular flexibility index (Phi) is 5.95. The largest absolute Gasteiger partial charge is 0.481 e. The lowest BCUT2D eigenvalue weighted by atomic mass is 10.1. The molecule has 1 aromatic heterocycles. The van der Waals surface area contributed by atoms with Crippen LogP contribution >= 0.6 is 31.9 Å². The summed E-state index contributed by atoms with van der Waals surface area (Å²) in [6, 6.07) is 1.94. The van der Waals surface area contributed by atoms with Crippen molar-refractivity contribution in [3.8, 4) is 0 Å². The van der Waals surface area contributed by atoms with Gasteiger partial charge in [0.05, 0.1) is 12.1 Å². The molecule has 1 rings (SSSR count). The molecule has 0 spiro atoms. The summed E-state index contributed by atoms with van der Waals surface area (Å²) < 4.78 is 1.84. The molecule has 0 saturated heterocycles. The smallest absolute Gasteiger partial charge is 0.304 e. The highest BCUT2D eigenvalue weighted by Crippen LogP contribution is 2.24. The number of pyridine rings is 1. The van der Waals surface area contributed by atoms with Crippen molar-refractivity contribution in [3.05, 3.63) is 26.9 Å². The fourth-order valence-corrected chi connectivity index (χ4v) is 2.74. The fraction of sp³-hybridized carbons (Fsp3) is 0.538. The monoisotopic (exact) mass is 392 g/mol. The van der Waals surface area contributed by atoms with E-state index in [2.05, 4.69) is 62.5 Å². The van der Waals surface area contributed by atoms with Gasteiger partial charge < -0.3 is 5.11 Å². The Bertz CT molecular complexity index is 458. The van der Waals surface area contributed by atoms with E-state index in [0.29, 0.717) is 13.1 Å². The second-order valence-electron chi connectivity index (χ2n) is 5.32. The number of carboxylic acid groups (broad SMARTS) is 1. The molecule has 1 heterocycles. The summed E-state index contributed by atoms with van der Waals surface area (Å²) in [6.07, 6.45) is 1.88. The minimum absolute atomic E-state index is 0.107. The number of aromatic nitrogens is 1. The molecule has 0 radical (unpaired) electrons. The molecule has 106 valence electrons. The van der Waals surface area contributed by atoms with E-state index in [4.69, 9.17) is 5.11 Å². The molecule has 0 aliphatic carbocycles. The first-order valence-corrected chi connectivity index (χ1v) is 7.55. The Labute approximate surface area is 130 Å². The standard InChI is InChI=1S/C13H18Br2N2O2/c1-13(2,3)17(5-4-12(18)19)8-11-10(15)6-9(14)7-16-11/h6-7H,4-5,8H2,1-3H3,(H,18,19). The lowest BCUT2D eigenvalue weighted by Gasteiger charge is -2.35. The van der Waals surface area contributed by atoms with Crippen LogP contribution in [0.1, 0.15) is 32.9 Å². The molecule has 0 aromatic carbocycles. The normalized spacial score (nSPS) is 11.9. The van der Waals surface area contributed by atoms with Crippen LogP contribution in [0, 0.1) is 0 Å². The number of carbonyl (C=O) groups is 1. The highest BCUT2D eigenvalue weighted by atomic mass is 79.9. The van der Waals surface area contributed by atoms with Crippen molar-refractivity contribution >= 4 is 37.8 Å².